The molecule has 0 fully saturated rings. The molecule has 8 heteroatoms. The van der Waals surface area contributed by atoms with Gasteiger partial charge in [0, 0.05) is 24.9 Å². The van der Waals surface area contributed by atoms with Crippen LogP contribution in [0.2, 0.25) is 0 Å². The lowest BCUT2D eigenvalue weighted by molar-refractivity contribution is 0.217. The maximum atomic E-state index is 14.0. The van der Waals surface area contributed by atoms with Crippen molar-refractivity contribution in [1.29, 1.82) is 0 Å². The van der Waals surface area contributed by atoms with Crippen LogP contribution >= 0.6 is 0 Å². The topological polar surface area (TPSA) is 106 Å². The highest BCUT2D eigenvalue weighted by atomic mass is 19.1. The van der Waals surface area contributed by atoms with Gasteiger partial charge in [-0.15, -0.1) is 0 Å². The van der Waals surface area contributed by atoms with Gasteiger partial charge in [0.15, 0.2) is 0 Å². The van der Waals surface area contributed by atoms with E-state index in [0.29, 0.717) is 34.9 Å². The standard InChI is InChI=1S/C19H26FN5O2/c1-4-13(11-26)5-8-23-18-17(12(2)24-19(21)25-18)16(27-3)9-14-6-7-22-10-15(14)20/h6-7,9-10,13,26H,4-5,8,11H2,1-3H3,(H3,21,23,24,25)/b16-9-/t13-/m0/s1. The van der Waals surface area contributed by atoms with Gasteiger partial charge >= 0.3 is 0 Å². The number of nitrogens with two attached hydrogens (primary N) is 1. The van der Waals surface area contributed by atoms with E-state index in [1.165, 1.54) is 13.3 Å². The Kier molecular flexibility index (Phi) is 7.48. The zero-order chi connectivity index (χ0) is 19.8. The van der Waals surface area contributed by atoms with Crippen LogP contribution in [0.1, 0.15) is 36.6 Å². The summed E-state index contributed by atoms with van der Waals surface area (Å²) in [5.41, 5.74) is 7.37. The van der Waals surface area contributed by atoms with E-state index in [4.69, 9.17) is 10.5 Å². The number of aryl methyl sites for hydroxylation is 1. The molecular weight excluding hydrogens is 349 g/mol. The first kappa shape index (κ1) is 20.6. The summed E-state index contributed by atoms with van der Waals surface area (Å²) < 4.78 is 19.5. The highest BCUT2D eigenvalue weighted by Crippen LogP contribution is 2.28. The van der Waals surface area contributed by atoms with Gasteiger partial charge in [-0.2, -0.15) is 4.98 Å². The van der Waals surface area contributed by atoms with Gasteiger partial charge in [-0.05, 0) is 31.4 Å². The van der Waals surface area contributed by atoms with E-state index in [9.17, 15) is 9.50 Å². The van der Waals surface area contributed by atoms with Gasteiger partial charge in [0.25, 0.3) is 0 Å². The van der Waals surface area contributed by atoms with Gasteiger partial charge < -0.3 is 20.9 Å². The summed E-state index contributed by atoms with van der Waals surface area (Å²) in [6.45, 7) is 4.56. The number of halogens is 1. The van der Waals surface area contributed by atoms with Crippen LogP contribution in [-0.2, 0) is 4.74 Å². The second-order valence-corrected chi connectivity index (χ2v) is 6.17. The normalized spacial score (nSPS) is 12.7. The van der Waals surface area contributed by atoms with Crippen molar-refractivity contribution in [3.63, 3.8) is 0 Å². The fourth-order valence-corrected chi connectivity index (χ4v) is 2.71. The smallest absolute Gasteiger partial charge is 0.222 e. The molecule has 0 radical (unpaired) electrons. The van der Waals surface area contributed by atoms with E-state index in [2.05, 4.69) is 20.3 Å². The number of aliphatic hydroxyl groups is 1. The van der Waals surface area contributed by atoms with Crippen molar-refractivity contribution >= 4 is 23.6 Å². The van der Waals surface area contributed by atoms with E-state index < -0.39 is 5.82 Å². The van der Waals surface area contributed by atoms with Crippen molar-refractivity contribution in [2.24, 2.45) is 5.92 Å². The average Bonchev–Trinajstić information content (AvgIpc) is 2.65. The van der Waals surface area contributed by atoms with Gasteiger partial charge in [0.05, 0.1) is 24.6 Å². The van der Waals surface area contributed by atoms with Gasteiger partial charge in [0.1, 0.15) is 17.4 Å². The molecule has 4 N–H and O–H groups in total. The second kappa shape index (κ2) is 9.82. The maximum absolute atomic E-state index is 14.0. The first-order chi connectivity index (χ1) is 13.0. The maximum Gasteiger partial charge on any atom is 0.222 e. The molecule has 0 aromatic carbocycles. The van der Waals surface area contributed by atoms with Crippen LogP contribution in [0.3, 0.4) is 0 Å². The molecule has 2 rings (SSSR count). The Labute approximate surface area is 158 Å². The van der Waals surface area contributed by atoms with Crippen LogP contribution < -0.4 is 11.1 Å². The zero-order valence-electron chi connectivity index (χ0n) is 15.9. The van der Waals surface area contributed by atoms with Crippen LogP contribution in [-0.4, -0.2) is 40.3 Å². The van der Waals surface area contributed by atoms with Crippen molar-refractivity contribution in [1.82, 2.24) is 15.0 Å². The van der Waals surface area contributed by atoms with Crippen molar-refractivity contribution < 1.29 is 14.2 Å². The highest BCUT2D eigenvalue weighted by Gasteiger charge is 2.17. The molecule has 7 nitrogen and oxygen atoms in total. The Hall–Kier alpha value is -2.74. The number of hydrogen-bond acceptors (Lipinski definition) is 7. The van der Waals surface area contributed by atoms with E-state index in [1.54, 1.807) is 19.1 Å². The number of methoxy groups -OCH3 is 1. The Balaban J connectivity index is 2.37. The molecule has 146 valence electrons. The Morgan fingerprint density at radius 2 is 2.22 bits per heavy atom. The lowest BCUT2D eigenvalue weighted by atomic mass is 10.0. The summed E-state index contributed by atoms with van der Waals surface area (Å²) in [7, 11) is 1.50. The van der Waals surface area contributed by atoms with E-state index in [0.717, 1.165) is 19.0 Å². The number of pyridine rings is 1. The first-order valence-electron chi connectivity index (χ1n) is 8.84. The molecule has 0 unspecified atom stereocenters. The van der Waals surface area contributed by atoms with Crippen LogP contribution in [0.5, 0.6) is 0 Å². The summed E-state index contributed by atoms with van der Waals surface area (Å²) >= 11 is 0. The molecule has 0 saturated carbocycles. The lowest BCUT2D eigenvalue weighted by Crippen LogP contribution is -2.15. The van der Waals surface area contributed by atoms with Gasteiger partial charge in [-0.3, -0.25) is 4.98 Å². The largest absolute Gasteiger partial charge is 0.496 e. The van der Waals surface area contributed by atoms with Crippen LogP contribution in [0, 0.1) is 18.7 Å². The summed E-state index contributed by atoms with van der Waals surface area (Å²) in [6.07, 6.45) is 5.89. The van der Waals surface area contributed by atoms with Gasteiger partial charge in [0.2, 0.25) is 5.95 Å². The number of aliphatic hydroxyl groups excluding tert-OH is 1. The Bertz CT molecular complexity index is 794. The molecule has 0 amide bonds. The summed E-state index contributed by atoms with van der Waals surface area (Å²) in [4.78, 5) is 12.2. The molecule has 0 aliphatic carbocycles. The predicted molar refractivity (Wildman–Crippen MR) is 104 cm³/mol. The third kappa shape index (κ3) is 5.37. The molecule has 1 atom stereocenters. The minimum absolute atomic E-state index is 0.137. The van der Waals surface area contributed by atoms with Gasteiger partial charge in [-0.1, -0.05) is 13.3 Å². The molecule has 0 aliphatic heterocycles. The van der Waals surface area contributed by atoms with Crippen LogP contribution in [0.15, 0.2) is 18.5 Å². The molecule has 2 heterocycles. The number of rotatable bonds is 9. The van der Waals surface area contributed by atoms with Crippen LogP contribution in [0.4, 0.5) is 16.2 Å². The summed E-state index contributed by atoms with van der Waals surface area (Å²) in [5.74, 6) is 0.817. The minimum Gasteiger partial charge on any atom is -0.496 e. The van der Waals surface area contributed by atoms with E-state index in [1.807, 2.05) is 6.92 Å². The SMILES string of the molecule is CC[C@H](CO)CCNc1nc(N)nc(C)c1/C(=C/c1ccncc1F)OC. The number of aromatic nitrogens is 3. The van der Waals surface area contributed by atoms with E-state index >= 15 is 0 Å². The number of nitrogen functional groups attached to an aromatic ring is 1. The number of ether oxygens (including phenoxy) is 1. The first-order valence-corrected chi connectivity index (χ1v) is 8.84. The molecule has 0 spiro atoms. The van der Waals surface area contributed by atoms with Crippen LogP contribution in [0.25, 0.3) is 11.8 Å². The third-order valence-corrected chi connectivity index (χ3v) is 4.34. The molecule has 0 aliphatic rings. The summed E-state index contributed by atoms with van der Waals surface area (Å²) in [5, 5.41) is 12.6. The molecular formula is C19H26FN5O2. The quantitative estimate of drug-likeness (QED) is 0.579. The molecule has 0 saturated heterocycles. The number of nitrogens with one attached hydrogen (secondary N) is 1. The second-order valence-electron chi connectivity index (χ2n) is 6.17. The fourth-order valence-electron chi connectivity index (χ4n) is 2.71. The molecule has 0 bridgehead atoms. The zero-order valence-corrected chi connectivity index (χ0v) is 15.9. The highest BCUT2D eigenvalue weighted by molar-refractivity contribution is 5.83. The average molecular weight is 375 g/mol. The lowest BCUT2D eigenvalue weighted by Gasteiger charge is -2.17. The monoisotopic (exact) mass is 375 g/mol. The molecule has 2 aromatic rings. The predicted octanol–water partition coefficient (Wildman–Crippen LogP) is 2.87. The molecule has 27 heavy (non-hydrogen) atoms. The summed E-state index contributed by atoms with van der Waals surface area (Å²) in [6, 6.07) is 1.56. The third-order valence-electron chi connectivity index (χ3n) is 4.34. The van der Waals surface area contributed by atoms with Crippen molar-refractivity contribution in [2.75, 3.05) is 31.3 Å². The Morgan fingerprint density at radius 1 is 1.44 bits per heavy atom. The van der Waals surface area contributed by atoms with Crippen molar-refractivity contribution in [3.8, 4) is 0 Å². The van der Waals surface area contributed by atoms with Gasteiger partial charge in [-0.25, -0.2) is 9.37 Å². The van der Waals surface area contributed by atoms with Crippen molar-refractivity contribution in [3.05, 3.63) is 41.1 Å². The minimum atomic E-state index is -0.454. The number of hydrogen-bond donors (Lipinski definition) is 3. The van der Waals surface area contributed by atoms with Crippen molar-refractivity contribution in [2.45, 2.75) is 26.7 Å². The number of anilines is 2. The Morgan fingerprint density at radius 3 is 2.85 bits per heavy atom. The number of nitrogens with zero attached hydrogens (tertiary/aromatic N) is 3. The fraction of sp³-hybridized carbons (Fsp3) is 0.421. The van der Waals surface area contributed by atoms with E-state index in [-0.39, 0.29) is 18.5 Å². The molecule has 2 aromatic heterocycles.